The number of rotatable bonds is 5. The number of aryl methyl sites for hydroxylation is 1. The largest absolute Gasteiger partial charge is 0.375 e. The Morgan fingerprint density at radius 1 is 1.48 bits per heavy atom. The molecule has 7 heteroatoms. The predicted octanol–water partition coefficient (Wildman–Crippen LogP) is 0.741. The summed E-state index contributed by atoms with van der Waals surface area (Å²) < 4.78 is 30.3. The first kappa shape index (κ1) is 16.2. The fourth-order valence-electron chi connectivity index (χ4n) is 2.36. The van der Waals surface area contributed by atoms with Crippen LogP contribution < -0.4 is 4.90 Å². The number of hydrogen-bond acceptors (Lipinski definition) is 5. The molecule has 6 nitrogen and oxygen atoms in total. The Labute approximate surface area is 126 Å². The van der Waals surface area contributed by atoms with Crippen molar-refractivity contribution in [2.45, 2.75) is 18.9 Å². The van der Waals surface area contributed by atoms with Gasteiger partial charge in [0.1, 0.15) is 5.82 Å². The summed E-state index contributed by atoms with van der Waals surface area (Å²) in [6, 6.07) is 4.04. The maximum absolute atomic E-state index is 11.6. The summed E-state index contributed by atoms with van der Waals surface area (Å²) in [5.74, 6) is 0.926. The van der Waals surface area contributed by atoms with Crippen LogP contribution in [0.25, 0.3) is 0 Å². The number of nitrogens with zero attached hydrogens (tertiary/aromatic N) is 3. The fourth-order valence-corrected chi connectivity index (χ4v) is 3.20. The van der Waals surface area contributed by atoms with Gasteiger partial charge < -0.3 is 9.64 Å². The Morgan fingerprint density at radius 2 is 2.24 bits per heavy atom. The third-order valence-electron chi connectivity index (χ3n) is 3.59. The Balaban J connectivity index is 1.92. The maximum atomic E-state index is 11.6. The smallest absolute Gasteiger partial charge is 0.211 e. The highest BCUT2D eigenvalue weighted by molar-refractivity contribution is 7.88. The van der Waals surface area contributed by atoms with E-state index in [2.05, 4.69) is 11.1 Å². The van der Waals surface area contributed by atoms with Crippen LogP contribution in [0, 0.1) is 0 Å². The van der Waals surface area contributed by atoms with Crippen LogP contribution >= 0.6 is 0 Å². The van der Waals surface area contributed by atoms with Crippen LogP contribution in [0.5, 0.6) is 0 Å². The molecule has 0 N–H and O–H groups in total. The third kappa shape index (κ3) is 4.66. The molecule has 0 unspecified atom stereocenters. The molecular weight excluding hydrogens is 290 g/mol. The van der Waals surface area contributed by atoms with Gasteiger partial charge in [0, 0.05) is 33.4 Å². The summed E-state index contributed by atoms with van der Waals surface area (Å²) in [4.78, 5) is 6.25. The molecule has 1 aliphatic rings. The molecule has 1 aromatic heterocycles. The van der Waals surface area contributed by atoms with Gasteiger partial charge in [-0.15, -0.1) is 0 Å². The second kappa shape index (κ2) is 6.72. The molecule has 2 heterocycles. The molecule has 0 radical (unpaired) electrons. The van der Waals surface area contributed by atoms with Gasteiger partial charge in [0.05, 0.1) is 19.0 Å². The molecule has 118 valence electrons. The Hall–Kier alpha value is -1.18. The molecule has 0 spiro atoms. The van der Waals surface area contributed by atoms with Crippen molar-refractivity contribution < 1.29 is 13.2 Å². The van der Waals surface area contributed by atoms with Crippen molar-refractivity contribution in [2.24, 2.45) is 0 Å². The number of anilines is 1. The Kier molecular flexibility index (Phi) is 5.18. The summed E-state index contributed by atoms with van der Waals surface area (Å²) in [6.07, 6.45) is 4.68. The van der Waals surface area contributed by atoms with E-state index in [4.69, 9.17) is 4.74 Å². The molecule has 1 aromatic rings. The van der Waals surface area contributed by atoms with Crippen LogP contribution in [0.1, 0.15) is 12.0 Å². The fraction of sp³-hybridized carbons (Fsp3) is 0.643. The number of pyridine rings is 1. The van der Waals surface area contributed by atoms with Crippen LogP contribution in [-0.4, -0.2) is 63.9 Å². The summed E-state index contributed by atoms with van der Waals surface area (Å²) in [6.45, 7) is 1.37. The molecule has 2 rings (SSSR count). The summed E-state index contributed by atoms with van der Waals surface area (Å²) in [5.41, 5.74) is 1.19. The van der Waals surface area contributed by atoms with E-state index in [1.807, 2.05) is 25.1 Å². The zero-order chi connectivity index (χ0) is 15.5. The molecule has 0 aliphatic carbocycles. The normalized spacial score (nSPS) is 20.4. The van der Waals surface area contributed by atoms with E-state index in [0.717, 1.165) is 18.7 Å². The lowest BCUT2D eigenvalue weighted by molar-refractivity contribution is -0.00506. The number of hydrogen-bond donors (Lipinski definition) is 0. The van der Waals surface area contributed by atoms with Crippen molar-refractivity contribution >= 4 is 15.8 Å². The van der Waals surface area contributed by atoms with Crippen LogP contribution in [0.4, 0.5) is 5.82 Å². The maximum Gasteiger partial charge on any atom is 0.211 e. The van der Waals surface area contributed by atoms with Crippen molar-refractivity contribution in [1.82, 2.24) is 9.29 Å². The van der Waals surface area contributed by atoms with Gasteiger partial charge in [-0.3, -0.25) is 0 Å². The molecule has 0 amide bonds. The van der Waals surface area contributed by atoms with Crippen LogP contribution in [-0.2, 0) is 21.2 Å². The lowest BCUT2D eigenvalue weighted by Gasteiger charge is -2.31. The summed E-state index contributed by atoms with van der Waals surface area (Å²) in [5, 5.41) is 0. The second-order valence-electron chi connectivity index (χ2n) is 5.57. The van der Waals surface area contributed by atoms with E-state index in [1.165, 1.54) is 16.1 Å². The van der Waals surface area contributed by atoms with Gasteiger partial charge in [-0.1, -0.05) is 0 Å². The van der Waals surface area contributed by atoms with E-state index in [1.54, 1.807) is 6.20 Å². The Bertz CT molecular complexity index is 575. The van der Waals surface area contributed by atoms with Gasteiger partial charge in [-0.05, 0) is 30.5 Å². The monoisotopic (exact) mass is 313 g/mol. The molecular formula is C14H23N3O3S. The van der Waals surface area contributed by atoms with Crippen molar-refractivity contribution in [1.29, 1.82) is 0 Å². The molecule has 0 bridgehead atoms. The van der Waals surface area contributed by atoms with Gasteiger partial charge >= 0.3 is 0 Å². The lowest BCUT2D eigenvalue weighted by atomic mass is 10.1. The third-order valence-corrected chi connectivity index (χ3v) is 4.86. The topological polar surface area (TPSA) is 62.7 Å². The van der Waals surface area contributed by atoms with Crippen LogP contribution in [0.15, 0.2) is 18.3 Å². The zero-order valence-electron chi connectivity index (χ0n) is 12.8. The quantitative estimate of drug-likeness (QED) is 0.802. The van der Waals surface area contributed by atoms with Gasteiger partial charge in [-0.2, -0.15) is 4.31 Å². The van der Waals surface area contributed by atoms with Gasteiger partial charge in [0.2, 0.25) is 10.0 Å². The van der Waals surface area contributed by atoms with Crippen molar-refractivity contribution in [2.75, 3.05) is 44.9 Å². The second-order valence-corrected chi connectivity index (χ2v) is 7.55. The molecule has 1 fully saturated rings. The van der Waals surface area contributed by atoms with Gasteiger partial charge in [-0.25, -0.2) is 13.4 Å². The highest BCUT2D eigenvalue weighted by Gasteiger charge is 2.26. The minimum Gasteiger partial charge on any atom is -0.375 e. The highest BCUT2D eigenvalue weighted by atomic mass is 32.2. The average molecular weight is 313 g/mol. The van der Waals surface area contributed by atoms with Crippen molar-refractivity contribution in [3.05, 3.63) is 23.9 Å². The number of sulfonamides is 1. The van der Waals surface area contributed by atoms with Crippen LogP contribution in [0.3, 0.4) is 0 Å². The zero-order valence-corrected chi connectivity index (χ0v) is 13.6. The molecule has 1 saturated heterocycles. The lowest BCUT2D eigenvalue weighted by Crippen LogP contribution is -2.45. The standard InChI is InChI=1S/C14H23N3O3S/c1-16(2)14-10-12(6-7-15-14)4-5-13-11-17(8-9-20-13)21(3,18)19/h6-7,10,13H,4-5,8-9,11H2,1-3H3/t13-/m0/s1. The van der Waals surface area contributed by atoms with Gasteiger partial charge in [0.15, 0.2) is 0 Å². The minimum absolute atomic E-state index is 0.0375. The highest BCUT2D eigenvalue weighted by Crippen LogP contribution is 2.16. The van der Waals surface area contributed by atoms with E-state index >= 15 is 0 Å². The number of morpholine rings is 1. The summed E-state index contributed by atoms with van der Waals surface area (Å²) >= 11 is 0. The van der Waals surface area contributed by atoms with Crippen molar-refractivity contribution in [3.63, 3.8) is 0 Å². The van der Waals surface area contributed by atoms with E-state index in [0.29, 0.717) is 19.7 Å². The first-order valence-electron chi connectivity index (χ1n) is 7.05. The number of aromatic nitrogens is 1. The van der Waals surface area contributed by atoms with Crippen LogP contribution in [0.2, 0.25) is 0 Å². The Morgan fingerprint density at radius 3 is 2.90 bits per heavy atom. The number of ether oxygens (including phenoxy) is 1. The summed E-state index contributed by atoms with van der Waals surface area (Å²) in [7, 11) is 0.794. The van der Waals surface area contributed by atoms with E-state index in [-0.39, 0.29) is 6.10 Å². The minimum atomic E-state index is -3.12. The first-order chi connectivity index (χ1) is 9.86. The van der Waals surface area contributed by atoms with Crippen molar-refractivity contribution in [3.8, 4) is 0 Å². The predicted molar refractivity (Wildman–Crippen MR) is 83.0 cm³/mol. The molecule has 21 heavy (non-hydrogen) atoms. The molecule has 0 aromatic carbocycles. The molecule has 1 aliphatic heterocycles. The molecule has 0 saturated carbocycles. The first-order valence-corrected chi connectivity index (χ1v) is 8.90. The average Bonchev–Trinajstić information content (AvgIpc) is 2.45. The van der Waals surface area contributed by atoms with E-state index in [9.17, 15) is 8.42 Å². The van der Waals surface area contributed by atoms with E-state index < -0.39 is 10.0 Å². The molecule has 1 atom stereocenters. The van der Waals surface area contributed by atoms with Gasteiger partial charge in [0.25, 0.3) is 0 Å². The SMILES string of the molecule is CN(C)c1cc(CC[C@H]2CN(S(C)(=O)=O)CCO2)ccn1.